The number of rotatable bonds is 2. The van der Waals surface area contributed by atoms with E-state index in [1.165, 1.54) is 4.90 Å². The van der Waals surface area contributed by atoms with Gasteiger partial charge in [-0.2, -0.15) is 13.2 Å². The minimum atomic E-state index is -4.28. The van der Waals surface area contributed by atoms with Crippen LogP contribution in [0.3, 0.4) is 0 Å². The first kappa shape index (κ1) is 10.3. The molecule has 0 aromatic rings. The highest BCUT2D eigenvalue weighted by Crippen LogP contribution is 2.22. The molecule has 0 aromatic heterocycles. The summed E-state index contributed by atoms with van der Waals surface area (Å²) in [5.41, 5.74) is 0. The molecule has 0 saturated carbocycles. The largest absolute Gasteiger partial charge is 0.389 e. The molecule has 0 aliphatic carbocycles. The Morgan fingerprint density at radius 1 is 1.46 bits per heavy atom. The van der Waals surface area contributed by atoms with Crippen molar-refractivity contribution in [1.29, 1.82) is 0 Å². The first-order valence-electron chi connectivity index (χ1n) is 3.91. The zero-order valence-electron chi connectivity index (χ0n) is 6.84. The molecule has 1 aliphatic heterocycles. The third-order valence-corrected chi connectivity index (χ3v) is 1.84. The van der Waals surface area contributed by atoms with Gasteiger partial charge in [-0.1, -0.05) is 0 Å². The molecule has 0 aromatic carbocycles. The lowest BCUT2D eigenvalue weighted by Crippen LogP contribution is -2.53. The Kier molecular flexibility index (Phi) is 2.80. The fourth-order valence-corrected chi connectivity index (χ4v) is 1.07. The van der Waals surface area contributed by atoms with Crippen molar-refractivity contribution in [2.24, 2.45) is 0 Å². The number of carbonyl (C=O) groups is 1. The van der Waals surface area contributed by atoms with Gasteiger partial charge in [0.1, 0.15) is 0 Å². The number of alkyl halides is 3. The van der Waals surface area contributed by atoms with Gasteiger partial charge < -0.3 is 10.0 Å². The van der Waals surface area contributed by atoms with Gasteiger partial charge in [-0.05, 0) is 0 Å². The topological polar surface area (TPSA) is 40.5 Å². The highest BCUT2D eigenvalue weighted by Gasteiger charge is 2.32. The van der Waals surface area contributed by atoms with E-state index in [4.69, 9.17) is 5.11 Å². The van der Waals surface area contributed by atoms with Crippen LogP contribution in [0.2, 0.25) is 0 Å². The standard InChI is InChI=1S/C7H10F3NO2/c8-7(9,10)2-1-6(13)11-3-5(12)4-11/h5,12H,1-4H2. The number of aliphatic hydroxyl groups excluding tert-OH is 1. The van der Waals surface area contributed by atoms with Crippen LogP contribution >= 0.6 is 0 Å². The van der Waals surface area contributed by atoms with E-state index in [-0.39, 0.29) is 13.1 Å². The van der Waals surface area contributed by atoms with Crippen molar-refractivity contribution >= 4 is 5.91 Å². The number of hydrogen-bond donors (Lipinski definition) is 1. The second-order valence-corrected chi connectivity index (χ2v) is 3.07. The van der Waals surface area contributed by atoms with Crippen LogP contribution in [0.15, 0.2) is 0 Å². The zero-order chi connectivity index (χ0) is 10.1. The number of amides is 1. The van der Waals surface area contributed by atoms with Crippen LogP contribution in [-0.2, 0) is 4.79 Å². The molecule has 1 N–H and O–H groups in total. The van der Waals surface area contributed by atoms with Gasteiger partial charge in [-0.25, -0.2) is 0 Å². The molecule has 1 amide bonds. The highest BCUT2D eigenvalue weighted by molar-refractivity contribution is 5.77. The third kappa shape index (κ3) is 3.22. The van der Waals surface area contributed by atoms with Crippen molar-refractivity contribution in [2.75, 3.05) is 13.1 Å². The van der Waals surface area contributed by atoms with Crippen LogP contribution < -0.4 is 0 Å². The summed E-state index contributed by atoms with van der Waals surface area (Å²) in [5.74, 6) is -0.539. The number of hydrogen-bond acceptors (Lipinski definition) is 2. The summed E-state index contributed by atoms with van der Waals surface area (Å²) in [5, 5.41) is 8.78. The Morgan fingerprint density at radius 2 is 2.00 bits per heavy atom. The number of halogens is 3. The normalized spacial score (nSPS) is 18.6. The van der Waals surface area contributed by atoms with Gasteiger partial charge in [0.2, 0.25) is 5.91 Å². The fourth-order valence-electron chi connectivity index (χ4n) is 1.07. The monoisotopic (exact) mass is 197 g/mol. The molecule has 76 valence electrons. The zero-order valence-corrected chi connectivity index (χ0v) is 6.84. The molecule has 1 saturated heterocycles. The summed E-state index contributed by atoms with van der Waals surface area (Å²) in [7, 11) is 0. The molecule has 0 atom stereocenters. The van der Waals surface area contributed by atoms with Gasteiger partial charge in [-0.3, -0.25) is 4.79 Å². The maximum absolute atomic E-state index is 11.7. The molecule has 1 heterocycles. The summed E-state index contributed by atoms with van der Waals surface area (Å²) in [4.78, 5) is 12.2. The maximum Gasteiger partial charge on any atom is 0.389 e. The molecule has 0 bridgehead atoms. The van der Waals surface area contributed by atoms with Crippen molar-refractivity contribution < 1.29 is 23.1 Å². The van der Waals surface area contributed by atoms with E-state index in [0.717, 1.165) is 0 Å². The quantitative estimate of drug-likeness (QED) is 0.701. The van der Waals surface area contributed by atoms with E-state index in [1.807, 2.05) is 0 Å². The lowest BCUT2D eigenvalue weighted by atomic mass is 10.1. The Bertz CT molecular complexity index is 198. The average molecular weight is 197 g/mol. The van der Waals surface area contributed by atoms with Crippen LogP contribution in [-0.4, -0.2) is 41.3 Å². The average Bonchev–Trinajstić information content (AvgIpc) is 1.93. The predicted octanol–water partition coefficient (Wildman–Crippen LogP) is 0.532. The van der Waals surface area contributed by atoms with Crippen molar-refractivity contribution in [3.8, 4) is 0 Å². The molecule has 3 nitrogen and oxygen atoms in total. The van der Waals surface area contributed by atoms with E-state index in [1.54, 1.807) is 0 Å². The van der Waals surface area contributed by atoms with Crippen LogP contribution in [0.1, 0.15) is 12.8 Å². The molecular formula is C7H10F3NO2. The van der Waals surface area contributed by atoms with E-state index in [0.29, 0.717) is 0 Å². The van der Waals surface area contributed by atoms with E-state index < -0.39 is 31.0 Å². The molecule has 6 heteroatoms. The first-order chi connectivity index (χ1) is 5.88. The second kappa shape index (κ2) is 3.53. The summed E-state index contributed by atoms with van der Waals surface area (Å²) in [6.07, 6.45) is -6.44. The van der Waals surface area contributed by atoms with Crippen molar-refractivity contribution in [2.45, 2.75) is 25.1 Å². The summed E-state index contributed by atoms with van der Waals surface area (Å²) in [6, 6.07) is 0. The maximum atomic E-state index is 11.7. The lowest BCUT2D eigenvalue weighted by Gasteiger charge is -2.35. The lowest BCUT2D eigenvalue weighted by molar-refractivity contribution is -0.154. The van der Waals surface area contributed by atoms with Crippen molar-refractivity contribution in [3.05, 3.63) is 0 Å². The molecule has 0 radical (unpaired) electrons. The van der Waals surface area contributed by atoms with Gasteiger partial charge in [0.15, 0.2) is 0 Å². The first-order valence-corrected chi connectivity index (χ1v) is 3.91. The van der Waals surface area contributed by atoms with Crippen LogP contribution in [0.4, 0.5) is 13.2 Å². The number of carbonyl (C=O) groups excluding carboxylic acids is 1. The smallest absolute Gasteiger partial charge is 0.389 e. The Morgan fingerprint density at radius 3 is 2.38 bits per heavy atom. The molecule has 13 heavy (non-hydrogen) atoms. The van der Waals surface area contributed by atoms with E-state index in [2.05, 4.69) is 0 Å². The summed E-state index contributed by atoms with van der Waals surface area (Å²) >= 11 is 0. The van der Waals surface area contributed by atoms with Crippen LogP contribution in [0, 0.1) is 0 Å². The fraction of sp³-hybridized carbons (Fsp3) is 0.857. The number of aliphatic hydroxyl groups is 1. The van der Waals surface area contributed by atoms with Gasteiger partial charge >= 0.3 is 6.18 Å². The van der Waals surface area contributed by atoms with Crippen molar-refractivity contribution in [1.82, 2.24) is 4.90 Å². The molecular weight excluding hydrogens is 187 g/mol. The Balaban J connectivity index is 2.19. The highest BCUT2D eigenvalue weighted by atomic mass is 19.4. The molecule has 1 fully saturated rings. The van der Waals surface area contributed by atoms with Crippen LogP contribution in [0.25, 0.3) is 0 Å². The Labute approximate surface area is 73.1 Å². The van der Waals surface area contributed by atoms with E-state index >= 15 is 0 Å². The van der Waals surface area contributed by atoms with Gasteiger partial charge in [0, 0.05) is 19.5 Å². The molecule has 1 rings (SSSR count). The minimum absolute atomic E-state index is 0.163. The molecule has 0 spiro atoms. The number of β-amino-alcohol motifs (C(OH)–C–C–N with tert-alkyl or cyclic N) is 1. The Hall–Kier alpha value is -0.780. The summed E-state index contributed by atoms with van der Waals surface area (Å²) in [6.45, 7) is 0.327. The third-order valence-electron chi connectivity index (χ3n) is 1.84. The second-order valence-electron chi connectivity index (χ2n) is 3.07. The number of likely N-dealkylation sites (tertiary alicyclic amines) is 1. The molecule has 1 aliphatic rings. The minimum Gasteiger partial charge on any atom is -0.389 e. The van der Waals surface area contributed by atoms with Crippen LogP contribution in [0.5, 0.6) is 0 Å². The summed E-state index contributed by atoms with van der Waals surface area (Å²) < 4.78 is 35.0. The van der Waals surface area contributed by atoms with Gasteiger partial charge in [0.05, 0.1) is 12.5 Å². The molecule has 0 unspecified atom stereocenters. The van der Waals surface area contributed by atoms with Gasteiger partial charge in [-0.15, -0.1) is 0 Å². The van der Waals surface area contributed by atoms with Gasteiger partial charge in [0.25, 0.3) is 0 Å². The predicted molar refractivity (Wildman–Crippen MR) is 37.9 cm³/mol. The van der Waals surface area contributed by atoms with Crippen molar-refractivity contribution in [3.63, 3.8) is 0 Å². The van der Waals surface area contributed by atoms with E-state index in [9.17, 15) is 18.0 Å². The SMILES string of the molecule is O=C(CCC(F)(F)F)N1CC(O)C1. The number of nitrogens with zero attached hydrogens (tertiary/aromatic N) is 1.